The number of nitrogens with two attached hydrogens (primary N) is 1. The van der Waals surface area contributed by atoms with Crippen LogP contribution in [0.2, 0.25) is 0 Å². The molecule has 2 rings (SSSR count). The van der Waals surface area contributed by atoms with E-state index in [2.05, 4.69) is 21.0 Å². The second-order valence-corrected chi connectivity index (χ2v) is 4.60. The summed E-state index contributed by atoms with van der Waals surface area (Å²) in [5, 5.41) is 4.18. The molecule has 1 aliphatic rings. The van der Waals surface area contributed by atoms with E-state index in [-0.39, 0.29) is 5.60 Å². The fraction of sp³-hybridized carbons (Fsp3) is 0.667. The van der Waals surface area contributed by atoms with Gasteiger partial charge in [0.05, 0.1) is 17.6 Å². The lowest BCUT2D eigenvalue weighted by molar-refractivity contribution is -0.0317. The van der Waals surface area contributed by atoms with Crippen molar-refractivity contribution in [3.8, 4) is 0 Å². The first-order valence-corrected chi connectivity index (χ1v) is 5.56. The normalized spacial score (nSPS) is 26.0. The quantitative estimate of drug-likeness (QED) is 0.895. The molecular formula is C9H14BrN3O2. The summed E-state index contributed by atoms with van der Waals surface area (Å²) in [6, 6.07) is 0. The van der Waals surface area contributed by atoms with Crippen molar-refractivity contribution in [3.05, 3.63) is 10.7 Å². The zero-order valence-electron chi connectivity index (χ0n) is 8.57. The molecule has 1 aliphatic heterocycles. The predicted octanol–water partition coefficient (Wildman–Crippen LogP) is 1.03. The van der Waals surface area contributed by atoms with Gasteiger partial charge in [-0.3, -0.25) is 4.68 Å². The van der Waals surface area contributed by atoms with Crippen molar-refractivity contribution in [3.63, 3.8) is 0 Å². The van der Waals surface area contributed by atoms with E-state index in [9.17, 15) is 0 Å². The van der Waals surface area contributed by atoms with Crippen molar-refractivity contribution in [1.82, 2.24) is 9.78 Å². The van der Waals surface area contributed by atoms with E-state index in [0.29, 0.717) is 19.0 Å². The number of rotatable bonds is 3. The molecule has 1 unspecified atom stereocenters. The van der Waals surface area contributed by atoms with Gasteiger partial charge in [-0.25, -0.2) is 0 Å². The summed E-state index contributed by atoms with van der Waals surface area (Å²) < 4.78 is 13.5. The third kappa shape index (κ3) is 2.16. The van der Waals surface area contributed by atoms with Gasteiger partial charge in [-0.15, -0.1) is 0 Å². The number of methoxy groups -OCH3 is 1. The lowest BCUT2D eigenvalue weighted by atomic mass is 10.0. The maximum atomic E-state index is 5.65. The van der Waals surface area contributed by atoms with Crippen LogP contribution in [0.25, 0.3) is 0 Å². The second-order valence-electron chi connectivity index (χ2n) is 3.75. The minimum atomic E-state index is -0.252. The second kappa shape index (κ2) is 4.11. The number of hydrogen-bond acceptors (Lipinski definition) is 4. The Kier molecular flexibility index (Phi) is 2.99. The predicted molar refractivity (Wildman–Crippen MR) is 59.5 cm³/mol. The molecule has 1 saturated heterocycles. The number of halogens is 1. The van der Waals surface area contributed by atoms with Crippen LogP contribution >= 0.6 is 15.9 Å². The molecule has 15 heavy (non-hydrogen) atoms. The number of aromatic nitrogens is 2. The molecule has 84 valence electrons. The lowest BCUT2D eigenvalue weighted by Gasteiger charge is -2.25. The molecular weight excluding hydrogens is 262 g/mol. The van der Waals surface area contributed by atoms with Gasteiger partial charge in [0.15, 0.2) is 5.82 Å². The maximum absolute atomic E-state index is 5.65. The number of nitrogen functional groups attached to an aromatic ring is 1. The van der Waals surface area contributed by atoms with E-state index in [4.69, 9.17) is 15.2 Å². The molecule has 1 atom stereocenters. The van der Waals surface area contributed by atoms with Crippen LogP contribution in [0.5, 0.6) is 0 Å². The average Bonchev–Trinajstić information content (AvgIpc) is 2.77. The Morgan fingerprint density at radius 1 is 1.80 bits per heavy atom. The summed E-state index contributed by atoms with van der Waals surface area (Å²) in [4.78, 5) is 0. The van der Waals surface area contributed by atoms with E-state index in [1.165, 1.54) is 0 Å². The minimum absolute atomic E-state index is 0.252. The van der Waals surface area contributed by atoms with Crippen LogP contribution in [0.1, 0.15) is 6.42 Å². The first-order valence-electron chi connectivity index (χ1n) is 4.76. The van der Waals surface area contributed by atoms with Gasteiger partial charge in [0.25, 0.3) is 0 Å². The van der Waals surface area contributed by atoms with Gasteiger partial charge in [0.1, 0.15) is 5.60 Å². The van der Waals surface area contributed by atoms with E-state index < -0.39 is 0 Å². The average molecular weight is 276 g/mol. The molecule has 2 N–H and O–H groups in total. The smallest absolute Gasteiger partial charge is 0.159 e. The van der Waals surface area contributed by atoms with Crippen LogP contribution in [-0.2, 0) is 16.0 Å². The van der Waals surface area contributed by atoms with Gasteiger partial charge in [0, 0.05) is 26.3 Å². The third-order valence-electron chi connectivity index (χ3n) is 2.69. The number of nitrogens with zero attached hydrogens (tertiary/aromatic N) is 2. The molecule has 0 aliphatic carbocycles. The molecule has 2 heterocycles. The van der Waals surface area contributed by atoms with E-state index in [1.54, 1.807) is 11.8 Å². The lowest BCUT2D eigenvalue weighted by Crippen LogP contribution is -2.37. The number of hydrogen-bond donors (Lipinski definition) is 1. The van der Waals surface area contributed by atoms with Crippen LogP contribution in [0.3, 0.4) is 0 Å². The molecule has 1 aromatic rings. The van der Waals surface area contributed by atoms with E-state index in [0.717, 1.165) is 17.5 Å². The molecule has 0 saturated carbocycles. The summed E-state index contributed by atoms with van der Waals surface area (Å²) >= 11 is 3.32. The summed E-state index contributed by atoms with van der Waals surface area (Å²) in [5.74, 6) is 0.500. The molecule has 1 aromatic heterocycles. The van der Waals surface area contributed by atoms with Crippen molar-refractivity contribution < 1.29 is 9.47 Å². The van der Waals surface area contributed by atoms with Gasteiger partial charge >= 0.3 is 0 Å². The van der Waals surface area contributed by atoms with Crippen molar-refractivity contribution >= 4 is 21.7 Å². The summed E-state index contributed by atoms with van der Waals surface area (Å²) in [7, 11) is 1.70. The largest absolute Gasteiger partial charge is 0.381 e. The van der Waals surface area contributed by atoms with Crippen LogP contribution in [0.15, 0.2) is 10.7 Å². The van der Waals surface area contributed by atoms with Crippen molar-refractivity contribution in [1.29, 1.82) is 0 Å². The molecule has 0 bridgehead atoms. The fourth-order valence-corrected chi connectivity index (χ4v) is 2.04. The fourth-order valence-electron chi connectivity index (χ4n) is 1.73. The van der Waals surface area contributed by atoms with Crippen LogP contribution in [0, 0.1) is 0 Å². The highest BCUT2D eigenvalue weighted by molar-refractivity contribution is 9.10. The molecule has 0 aromatic carbocycles. The molecule has 6 heteroatoms. The first-order chi connectivity index (χ1) is 7.15. The summed E-state index contributed by atoms with van der Waals surface area (Å²) in [6.45, 7) is 2.02. The maximum Gasteiger partial charge on any atom is 0.159 e. The van der Waals surface area contributed by atoms with Gasteiger partial charge in [-0.1, -0.05) is 0 Å². The van der Waals surface area contributed by atoms with Gasteiger partial charge < -0.3 is 15.2 Å². The Balaban J connectivity index is 2.12. The highest BCUT2D eigenvalue weighted by Gasteiger charge is 2.35. The zero-order chi connectivity index (χ0) is 10.9. The molecule has 5 nitrogen and oxygen atoms in total. The highest BCUT2D eigenvalue weighted by Crippen LogP contribution is 2.26. The Morgan fingerprint density at radius 2 is 2.60 bits per heavy atom. The van der Waals surface area contributed by atoms with Crippen LogP contribution < -0.4 is 5.73 Å². The first kappa shape index (κ1) is 10.9. The Bertz CT molecular complexity index is 328. The minimum Gasteiger partial charge on any atom is -0.381 e. The Hall–Kier alpha value is -0.590. The Morgan fingerprint density at radius 3 is 3.07 bits per heavy atom. The van der Waals surface area contributed by atoms with Crippen molar-refractivity contribution in [2.75, 3.05) is 26.1 Å². The monoisotopic (exact) mass is 275 g/mol. The van der Waals surface area contributed by atoms with Gasteiger partial charge in [0.2, 0.25) is 0 Å². The Labute approximate surface area is 96.7 Å². The summed E-state index contributed by atoms with van der Waals surface area (Å²) in [6.07, 6.45) is 2.75. The molecule has 1 fully saturated rings. The van der Waals surface area contributed by atoms with E-state index in [1.807, 2.05) is 6.20 Å². The van der Waals surface area contributed by atoms with Gasteiger partial charge in [-0.05, 0) is 15.9 Å². The van der Waals surface area contributed by atoms with Crippen LogP contribution in [0.4, 0.5) is 5.82 Å². The molecule has 0 radical (unpaired) electrons. The standard InChI is InChI=1S/C9H14BrN3O2/c1-14-9(2-3-15-6-9)5-13-4-7(10)8(11)12-13/h4H,2-3,5-6H2,1H3,(H2,11,12). The van der Waals surface area contributed by atoms with Crippen molar-refractivity contribution in [2.24, 2.45) is 0 Å². The molecule has 0 spiro atoms. The number of ether oxygens (including phenoxy) is 2. The van der Waals surface area contributed by atoms with Crippen molar-refractivity contribution in [2.45, 2.75) is 18.6 Å². The third-order valence-corrected chi connectivity index (χ3v) is 3.30. The molecule has 0 amide bonds. The zero-order valence-corrected chi connectivity index (χ0v) is 10.2. The van der Waals surface area contributed by atoms with E-state index >= 15 is 0 Å². The van der Waals surface area contributed by atoms with Crippen LogP contribution in [-0.4, -0.2) is 35.7 Å². The number of anilines is 1. The highest BCUT2D eigenvalue weighted by atomic mass is 79.9. The topological polar surface area (TPSA) is 62.3 Å². The van der Waals surface area contributed by atoms with Gasteiger partial charge in [-0.2, -0.15) is 5.10 Å². The summed E-state index contributed by atoms with van der Waals surface area (Å²) in [5.41, 5.74) is 5.40. The SMILES string of the molecule is COC1(Cn2cc(Br)c(N)n2)CCOC1.